The van der Waals surface area contributed by atoms with Gasteiger partial charge in [0.2, 0.25) is 10.0 Å². The molecule has 0 aliphatic heterocycles. The quantitative estimate of drug-likeness (QED) is 0.775. The van der Waals surface area contributed by atoms with Crippen LogP contribution in [0.3, 0.4) is 0 Å². The molecule has 0 aliphatic carbocycles. The van der Waals surface area contributed by atoms with Gasteiger partial charge in [-0.3, -0.25) is 9.89 Å². The number of hydrogen-bond acceptors (Lipinski definition) is 4. The third-order valence-corrected chi connectivity index (χ3v) is 3.46. The number of aromatic nitrogens is 2. The van der Waals surface area contributed by atoms with Gasteiger partial charge in [-0.05, 0) is 13.3 Å². The van der Waals surface area contributed by atoms with Crippen LogP contribution in [-0.4, -0.2) is 43.0 Å². The molecule has 8 heteroatoms. The molecule has 1 amide bonds. The largest absolute Gasteiger partial charge is 0.341 e. The first-order chi connectivity index (χ1) is 7.82. The van der Waals surface area contributed by atoms with Crippen molar-refractivity contribution in [1.29, 1.82) is 0 Å². The number of H-pyrrole nitrogens is 1. The van der Waals surface area contributed by atoms with Gasteiger partial charge in [-0.15, -0.1) is 0 Å². The first kappa shape index (κ1) is 13.7. The van der Waals surface area contributed by atoms with Gasteiger partial charge in [0.1, 0.15) is 4.90 Å². The van der Waals surface area contributed by atoms with Crippen LogP contribution >= 0.6 is 0 Å². The van der Waals surface area contributed by atoms with E-state index >= 15 is 0 Å². The maximum absolute atomic E-state index is 11.9. The minimum atomic E-state index is -3.96. The summed E-state index contributed by atoms with van der Waals surface area (Å²) in [7, 11) is -2.40. The van der Waals surface area contributed by atoms with E-state index in [0.717, 1.165) is 0 Å². The number of hydrogen-bond donors (Lipinski definition) is 2. The van der Waals surface area contributed by atoms with Crippen LogP contribution in [-0.2, 0) is 16.4 Å². The summed E-state index contributed by atoms with van der Waals surface area (Å²) in [6, 6.07) is 0. The van der Waals surface area contributed by atoms with Gasteiger partial charge in [-0.2, -0.15) is 5.10 Å². The van der Waals surface area contributed by atoms with Gasteiger partial charge in [0.05, 0.1) is 5.69 Å². The SMILES string of the molecule is CCc1[nH]nc(C(=O)N(C)CC)c1S(N)(=O)=O. The van der Waals surface area contributed by atoms with Crippen LogP contribution < -0.4 is 5.14 Å². The van der Waals surface area contributed by atoms with Gasteiger partial charge in [-0.25, -0.2) is 13.6 Å². The fourth-order valence-electron chi connectivity index (χ4n) is 1.38. The summed E-state index contributed by atoms with van der Waals surface area (Å²) in [5.41, 5.74) is 0.203. The lowest BCUT2D eigenvalue weighted by Crippen LogP contribution is -2.29. The summed E-state index contributed by atoms with van der Waals surface area (Å²) in [5, 5.41) is 11.4. The highest BCUT2D eigenvalue weighted by atomic mass is 32.2. The average Bonchev–Trinajstić information content (AvgIpc) is 2.70. The van der Waals surface area contributed by atoms with E-state index in [1.54, 1.807) is 20.9 Å². The summed E-state index contributed by atoms with van der Waals surface area (Å²) in [4.78, 5) is 13.1. The molecule has 7 nitrogen and oxygen atoms in total. The number of primary sulfonamides is 1. The van der Waals surface area contributed by atoms with Crippen molar-refractivity contribution in [2.24, 2.45) is 5.14 Å². The number of sulfonamides is 1. The molecule has 3 N–H and O–H groups in total. The normalized spacial score (nSPS) is 11.5. The van der Waals surface area contributed by atoms with E-state index < -0.39 is 15.9 Å². The predicted molar refractivity (Wildman–Crippen MR) is 62.0 cm³/mol. The van der Waals surface area contributed by atoms with Crippen LogP contribution in [0.5, 0.6) is 0 Å². The summed E-state index contributed by atoms with van der Waals surface area (Å²) in [6.45, 7) is 3.99. The zero-order chi connectivity index (χ0) is 13.2. The number of nitrogens with one attached hydrogen (secondary N) is 1. The zero-order valence-electron chi connectivity index (χ0n) is 10.0. The summed E-state index contributed by atoms with van der Waals surface area (Å²) < 4.78 is 22.9. The van der Waals surface area contributed by atoms with Gasteiger partial charge >= 0.3 is 0 Å². The minimum Gasteiger partial charge on any atom is -0.341 e. The fourth-order valence-corrected chi connectivity index (χ4v) is 2.32. The van der Waals surface area contributed by atoms with Crippen LogP contribution in [0, 0.1) is 0 Å². The van der Waals surface area contributed by atoms with E-state index in [0.29, 0.717) is 18.7 Å². The van der Waals surface area contributed by atoms with Crippen molar-refractivity contribution in [3.63, 3.8) is 0 Å². The molecule has 0 saturated carbocycles. The molecule has 0 spiro atoms. The second kappa shape index (κ2) is 4.84. The van der Waals surface area contributed by atoms with Gasteiger partial charge in [-0.1, -0.05) is 6.92 Å². The molecule has 0 radical (unpaired) electrons. The Bertz CT molecular complexity index is 520. The topological polar surface area (TPSA) is 109 Å². The molecule has 0 saturated heterocycles. The van der Waals surface area contributed by atoms with Gasteiger partial charge in [0.25, 0.3) is 5.91 Å². The van der Waals surface area contributed by atoms with Crippen molar-refractivity contribution in [3.05, 3.63) is 11.4 Å². The van der Waals surface area contributed by atoms with E-state index in [-0.39, 0.29) is 10.6 Å². The van der Waals surface area contributed by atoms with Crippen molar-refractivity contribution >= 4 is 15.9 Å². The second-order valence-corrected chi connectivity index (χ2v) is 5.10. The number of amides is 1. The Morgan fingerprint density at radius 1 is 1.47 bits per heavy atom. The zero-order valence-corrected chi connectivity index (χ0v) is 10.8. The fraction of sp³-hybridized carbons (Fsp3) is 0.556. The van der Waals surface area contributed by atoms with Crippen LogP contribution in [0.4, 0.5) is 0 Å². The van der Waals surface area contributed by atoms with Crippen LogP contribution in [0.25, 0.3) is 0 Å². The Morgan fingerprint density at radius 2 is 2.06 bits per heavy atom. The average molecular weight is 260 g/mol. The molecule has 17 heavy (non-hydrogen) atoms. The first-order valence-corrected chi connectivity index (χ1v) is 6.73. The molecular weight excluding hydrogens is 244 g/mol. The van der Waals surface area contributed by atoms with Crippen LogP contribution in [0.1, 0.15) is 30.0 Å². The molecule has 1 aromatic heterocycles. The number of carbonyl (C=O) groups is 1. The van der Waals surface area contributed by atoms with Crippen molar-refractivity contribution in [3.8, 4) is 0 Å². The maximum Gasteiger partial charge on any atom is 0.275 e. The highest BCUT2D eigenvalue weighted by Gasteiger charge is 2.27. The summed E-state index contributed by atoms with van der Waals surface area (Å²) in [6.07, 6.45) is 0.405. The maximum atomic E-state index is 11.9. The molecule has 0 aliphatic rings. The molecule has 1 aromatic rings. The summed E-state index contributed by atoms with van der Waals surface area (Å²) in [5.74, 6) is -0.465. The van der Waals surface area contributed by atoms with Crippen molar-refractivity contribution in [2.75, 3.05) is 13.6 Å². The Labute approximate surface area is 100 Å². The van der Waals surface area contributed by atoms with Crippen LogP contribution in [0.2, 0.25) is 0 Å². The smallest absolute Gasteiger partial charge is 0.275 e. The Kier molecular flexibility index (Phi) is 3.89. The third-order valence-electron chi connectivity index (χ3n) is 2.45. The van der Waals surface area contributed by atoms with Crippen molar-refractivity contribution in [2.45, 2.75) is 25.2 Å². The Hall–Kier alpha value is -1.41. The number of rotatable bonds is 4. The number of aryl methyl sites for hydroxylation is 1. The molecule has 1 heterocycles. The molecule has 0 unspecified atom stereocenters. The number of carbonyl (C=O) groups excluding carboxylic acids is 1. The number of aromatic amines is 1. The van der Waals surface area contributed by atoms with E-state index in [4.69, 9.17) is 5.14 Å². The number of nitrogens with zero attached hydrogens (tertiary/aromatic N) is 2. The molecule has 0 fully saturated rings. The highest BCUT2D eigenvalue weighted by molar-refractivity contribution is 7.89. The highest BCUT2D eigenvalue weighted by Crippen LogP contribution is 2.18. The standard InChI is InChI=1S/C9H16N4O3S/c1-4-6-8(17(10,15)16)7(12-11-6)9(14)13(3)5-2/h4-5H2,1-3H3,(H,11,12)(H2,10,15,16). The van der Waals surface area contributed by atoms with E-state index in [2.05, 4.69) is 10.2 Å². The molecule has 0 bridgehead atoms. The lowest BCUT2D eigenvalue weighted by Gasteiger charge is -2.13. The Morgan fingerprint density at radius 3 is 2.47 bits per heavy atom. The lowest BCUT2D eigenvalue weighted by atomic mass is 10.3. The van der Waals surface area contributed by atoms with E-state index in [9.17, 15) is 13.2 Å². The van der Waals surface area contributed by atoms with Gasteiger partial charge in [0.15, 0.2) is 5.69 Å². The Balaban J connectivity index is 3.37. The van der Waals surface area contributed by atoms with Gasteiger partial charge < -0.3 is 4.90 Å². The van der Waals surface area contributed by atoms with Crippen LogP contribution in [0.15, 0.2) is 4.90 Å². The van der Waals surface area contributed by atoms with Gasteiger partial charge in [0, 0.05) is 13.6 Å². The minimum absolute atomic E-state index is 0.145. The van der Waals surface area contributed by atoms with Crippen molar-refractivity contribution in [1.82, 2.24) is 15.1 Å². The summed E-state index contributed by atoms with van der Waals surface area (Å²) >= 11 is 0. The van der Waals surface area contributed by atoms with Crippen molar-refractivity contribution < 1.29 is 13.2 Å². The number of nitrogens with two attached hydrogens (primary N) is 1. The predicted octanol–water partition coefficient (Wildman–Crippen LogP) is -0.289. The molecule has 1 rings (SSSR count). The molecular formula is C9H16N4O3S. The first-order valence-electron chi connectivity index (χ1n) is 5.18. The monoisotopic (exact) mass is 260 g/mol. The second-order valence-electron chi connectivity index (χ2n) is 3.60. The molecule has 96 valence electrons. The van der Waals surface area contributed by atoms with E-state index in [1.165, 1.54) is 4.90 Å². The molecule has 0 aromatic carbocycles. The lowest BCUT2D eigenvalue weighted by molar-refractivity contribution is 0.0793. The van der Waals surface area contributed by atoms with E-state index in [1.807, 2.05) is 0 Å². The third kappa shape index (κ3) is 2.64. The molecule has 0 atom stereocenters.